The molecule has 0 aliphatic carbocycles. The predicted molar refractivity (Wildman–Crippen MR) is 48.1 cm³/mol. The normalized spacial score (nSPS) is 22.1. The Labute approximate surface area is 80.1 Å². The molecule has 6 heteroatoms. The minimum Gasteiger partial charge on any atom is -0.396 e. The Morgan fingerprint density at radius 3 is 2.93 bits per heavy atom. The first-order valence-corrected chi connectivity index (χ1v) is 4.30. The van der Waals surface area contributed by atoms with E-state index in [1.54, 1.807) is 6.20 Å². The number of aromatic nitrogens is 2. The van der Waals surface area contributed by atoms with E-state index in [0.717, 1.165) is 0 Å². The Morgan fingerprint density at radius 2 is 2.36 bits per heavy atom. The van der Waals surface area contributed by atoms with Crippen molar-refractivity contribution in [1.29, 1.82) is 0 Å². The third-order valence-corrected chi connectivity index (χ3v) is 2.15. The van der Waals surface area contributed by atoms with Crippen LogP contribution >= 0.6 is 0 Å². The zero-order chi connectivity index (χ0) is 10.1. The van der Waals surface area contributed by atoms with Crippen LogP contribution in [0.2, 0.25) is 0 Å². The predicted octanol–water partition coefficient (Wildman–Crippen LogP) is -0.557. The van der Waals surface area contributed by atoms with E-state index in [0.29, 0.717) is 18.5 Å². The van der Waals surface area contributed by atoms with Crippen LogP contribution in [0, 0.1) is 0 Å². The van der Waals surface area contributed by atoms with Crippen LogP contribution in [-0.2, 0) is 9.59 Å². The number of nitrogens with zero attached hydrogens (tertiary/aromatic N) is 2. The Balaban J connectivity index is 2.19. The van der Waals surface area contributed by atoms with Crippen molar-refractivity contribution in [1.82, 2.24) is 15.1 Å². The third kappa shape index (κ3) is 1.46. The molecule has 1 aliphatic heterocycles. The second-order valence-electron chi connectivity index (χ2n) is 3.22. The second-order valence-corrected chi connectivity index (χ2v) is 3.22. The highest BCUT2D eigenvalue weighted by Crippen LogP contribution is 2.18. The Bertz CT molecular complexity index is 384. The van der Waals surface area contributed by atoms with Crippen molar-refractivity contribution in [2.45, 2.75) is 18.9 Å². The van der Waals surface area contributed by atoms with Gasteiger partial charge in [0.1, 0.15) is 6.04 Å². The monoisotopic (exact) mass is 194 g/mol. The van der Waals surface area contributed by atoms with Gasteiger partial charge in [0.05, 0.1) is 11.9 Å². The van der Waals surface area contributed by atoms with Crippen LogP contribution in [-0.4, -0.2) is 21.6 Å². The first kappa shape index (κ1) is 8.74. The Morgan fingerprint density at radius 1 is 1.57 bits per heavy atom. The summed E-state index contributed by atoms with van der Waals surface area (Å²) in [7, 11) is 0. The van der Waals surface area contributed by atoms with E-state index in [1.807, 2.05) is 0 Å². The average molecular weight is 194 g/mol. The SMILES string of the molecule is Nc1cnn(C2CCC(=O)NC2=O)c1. The molecule has 2 amide bonds. The van der Waals surface area contributed by atoms with Crippen LogP contribution < -0.4 is 11.1 Å². The minimum atomic E-state index is -0.412. The lowest BCUT2D eigenvalue weighted by Gasteiger charge is -2.20. The largest absolute Gasteiger partial charge is 0.396 e. The van der Waals surface area contributed by atoms with E-state index < -0.39 is 6.04 Å². The van der Waals surface area contributed by atoms with E-state index in [1.165, 1.54) is 10.9 Å². The maximum atomic E-state index is 11.4. The molecule has 1 aliphatic rings. The molecule has 0 saturated carbocycles. The van der Waals surface area contributed by atoms with Gasteiger partial charge in [0.15, 0.2) is 0 Å². The number of carbonyl (C=O) groups excluding carboxylic acids is 2. The standard InChI is InChI=1S/C8H10N4O2/c9-5-3-10-12(4-5)6-1-2-7(13)11-8(6)14/h3-4,6H,1-2,9H2,(H,11,13,14). The molecule has 2 heterocycles. The van der Waals surface area contributed by atoms with Crippen molar-refractivity contribution in [3.63, 3.8) is 0 Å². The Hall–Kier alpha value is -1.85. The zero-order valence-corrected chi connectivity index (χ0v) is 7.43. The van der Waals surface area contributed by atoms with Crippen molar-refractivity contribution in [3.05, 3.63) is 12.4 Å². The fourth-order valence-corrected chi connectivity index (χ4v) is 1.46. The van der Waals surface area contributed by atoms with Gasteiger partial charge in [0.2, 0.25) is 5.91 Å². The zero-order valence-electron chi connectivity index (χ0n) is 7.43. The molecular weight excluding hydrogens is 184 g/mol. The van der Waals surface area contributed by atoms with Gasteiger partial charge in [-0.05, 0) is 6.42 Å². The van der Waals surface area contributed by atoms with Gasteiger partial charge in [-0.2, -0.15) is 5.10 Å². The van der Waals surface area contributed by atoms with Gasteiger partial charge in [-0.1, -0.05) is 0 Å². The van der Waals surface area contributed by atoms with Crippen LogP contribution in [0.15, 0.2) is 12.4 Å². The summed E-state index contributed by atoms with van der Waals surface area (Å²) in [5.74, 6) is -0.546. The number of nitrogen functional groups attached to an aromatic ring is 1. The molecule has 0 spiro atoms. The topological polar surface area (TPSA) is 90.0 Å². The molecule has 14 heavy (non-hydrogen) atoms. The summed E-state index contributed by atoms with van der Waals surface area (Å²) in [4.78, 5) is 22.3. The van der Waals surface area contributed by atoms with E-state index in [-0.39, 0.29) is 11.8 Å². The molecule has 1 aromatic rings. The summed E-state index contributed by atoms with van der Waals surface area (Å²) in [6.07, 6.45) is 3.88. The highest BCUT2D eigenvalue weighted by atomic mass is 16.2. The van der Waals surface area contributed by atoms with Crippen LogP contribution in [0.4, 0.5) is 5.69 Å². The molecule has 1 saturated heterocycles. The molecule has 1 fully saturated rings. The number of rotatable bonds is 1. The highest BCUT2D eigenvalue weighted by Gasteiger charge is 2.28. The molecule has 2 rings (SSSR count). The van der Waals surface area contributed by atoms with E-state index in [2.05, 4.69) is 10.4 Å². The van der Waals surface area contributed by atoms with Crippen LogP contribution in [0.25, 0.3) is 0 Å². The molecule has 0 aromatic carbocycles. The highest BCUT2D eigenvalue weighted by molar-refractivity contribution is 5.99. The Kier molecular flexibility index (Phi) is 1.95. The maximum Gasteiger partial charge on any atom is 0.251 e. The van der Waals surface area contributed by atoms with Gasteiger partial charge in [-0.15, -0.1) is 0 Å². The van der Waals surface area contributed by atoms with Gasteiger partial charge in [-0.25, -0.2) is 0 Å². The molecule has 0 bridgehead atoms. The number of amides is 2. The van der Waals surface area contributed by atoms with E-state index >= 15 is 0 Å². The third-order valence-electron chi connectivity index (χ3n) is 2.15. The van der Waals surface area contributed by atoms with Crippen LogP contribution in [0.5, 0.6) is 0 Å². The number of carbonyl (C=O) groups is 2. The summed E-state index contributed by atoms with van der Waals surface area (Å²) < 4.78 is 1.48. The number of nitrogens with two attached hydrogens (primary N) is 1. The van der Waals surface area contributed by atoms with Gasteiger partial charge in [-0.3, -0.25) is 19.6 Å². The number of piperidine rings is 1. The quantitative estimate of drug-likeness (QED) is 0.586. The van der Waals surface area contributed by atoms with Crippen molar-refractivity contribution in [3.8, 4) is 0 Å². The molecule has 3 N–H and O–H groups in total. The van der Waals surface area contributed by atoms with E-state index in [4.69, 9.17) is 5.73 Å². The van der Waals surface area contributed by atoms with Crippen molar-refractivity contribution in [2.75, 3.05) is 5.73 Å². The molecular formula is C8H10N4O2. The van der Waals surface area contributed by atoms with Crippen molar-refractivity contribution >= 4 is 17.5 Å². The van der Waals surface area contributed by atoms with E-state index in [9.17, 15) is 9.59 Å². The van der Waals surface area contributed by atoms with Gasteiger partial charge in [0, 0.05) is 12.6 Å². The molecule has 1 unspecified atom stereocenters. The number of hydrogen-bond acceptors (Lipinski definition) is 4. The molecule has 6 nitrogen and oxygen atoms in total. The number of anilines is 1. The van der Waals surface area contributed by atoms with Gasteiger partial charge in [0.25, 0.3) is 5.91 Å². The first-order valence-electron chi connectivity index (χ1n) is 4.30. The summed E-state index contributed by atoms with van der Waals surface area (Å²) >= 11 is 0. The lowest BCUT2D eigenvalue weighted by Crippen LogP contribution is -2.41. The lowest BCUT2D eigenvalue weighted by molar-refractivity contribution is -0.135. The molecule has 1 aromatic heterocycles. The molecule has 74 valence electrons. The molecule has 1 atom stereocenters. The first-order chi connectivity index (χ1) is 6.66. The van der Waals surface area contributed by atoms with Crippen LogP contribution in [0.1, 0.15) is 18.9 Å². The summed E-state index contributed by atoms with van der Waals surface area (Å²) in [5, 5.41) is 6.19. The number of hydrogen-bond donors (Lipinski definition) is 2. The molecule has 0 radical (unpaired) electrons. The van der Waals surface area contributed by atoms with Gasteiger partial charge < -0.3 is 5.73 Å². The smallest absolute Gasteiger partial charge is 0.251 e. The minimum absolute atomic E-state index is 0.230. The summed E-state index contributed by atoms with van der Waals surface area (Å²) in [5.41, 5.74) is 5.99. The second kappa shape index (κ2) is 3.13. The fourth-order valence-electron chi connectivity index (χ4n) is 1.46. The lowest BCUT2D eigenvalue weighted by atomic mass is 10.1. The average Bonchev–Trinajstić information content (AvgIpc) is 2.51. The number of nitrogens with one attached hydrogen (secondary N) is 1. The summed E-state index contributed by atoms with van der Waals surface area (Å²) in [6.45, 7) is 0. The van der Waals surface area contributed by atoms with Crippen molar-refractivity contribution in [2.24, 2.45) is 0 Å². The fraction of sp³-hybridized carbons (Fsp3) is 0.375. The maximum absolute atomic E-state index is 11.4. The van der Waals surface area contributed by atoms with Crippen LogP contribution in [0.3, 0.4) is 0 Å². The summed E-state index contributed by atoms with van der Waals surface area (Å²) in [6, 6.07) is -0.412. The van der Waals surface area contributed by atoms with Crippen molar-refractivity contribution < 1.29 is 9.59 Å². The number of imide groups is 1. The van der Waals surface area contributed by atoms with Gasteiger partial charge >= 0.3 is 0 Å².